The van der Waals surface area contributed by atoms with Crippen LogP contribution in [0.2, 0.25) is 5.02 Å². The maximum Gasteiger partial charge on any atom is 0.157 e. The third kappa shape index (κ3) is 4.99. The Morgan fingerprint density at radius 3 is 1.97 bits per heavy atom. The van der Waals surface area contributed by atoms with Gasteiger partial charge in [-0.2, -0.15) is 0 Å². The second-order valence-electron chi connectivity index (χ2n) is 8.64. The number of nitrogens with two attached hydrogens (primary N) is 1. The second kappa shape index (κ2) is 9.85. The van der Waals surface area contributed by atoms with E-state index in [0.717, 1.165) is 81.2 Å². The number of benzene rings is 2. The Balaban J connectivity index is 1.21. The first-order chi connectivity index (χ1) is 16.2. The maximum absolute atomic E-state index is 6.62. The molecular weight excluding hydrogens is 434 g/mol. The second-order valence-corrected chi connectivity index (χ2v) is 9.07. The lowest BCUT2D eigenvalue weighted by Crippen LogP contribution is -2.48. The lowest BCUT2D eigenvalue weighted by atomic mass is 10.2. The number of anilines is 4. The Morgan fingerprint density at radius 2 is 1.33 bits per heavy atom. The van der Waals surface area contributed by atoms with Crippen molar-refractivity contribution in [2.75, 3.05) is 72.8 Å². The van der Waals surface area contributed by atoms with Crippen LogP contribution in [0.15, 0.2) is 60.9 Å². The van der Waals surface area contributed by atoms with Crippen LogP contribution < -0.4 is 20.4 Å². The highest BCUT2D eigenvalue weighted by atomic mass is 35.5. The fourth-order valence-corrected chi connectivity index (χ4v) is 4.87. The molecule has 3 heterocycles. The van der Waals surface area contributed by atoms with E-state index in [0.29, 0.717) is 5.69 Å². The van der Waals surface area contributed by atoms with Crippen molar-refractivity contribution in [1.82, 2.24) is 14.9 Å². The molecule has 2 aromatic carbocycles. The molecule has 0 atom stereocenters. The van der Waals surface area contributed by atoms with Gasteiger partial charge in [0.2, 0.25) is 0 Å². The normalized spacial score (nSPS) is 17.4. The van der Waals surface area contributed by atoms with E-state index in [-0.39, 0.29) is 0 Å². The van der Waals surface area contributed by atoms with Gasteiger partial charge in [0.15, 0.2) is 11.6 Å². The molecule has 0 aliphatic carbocycles. The minimum atomic E-state index is 0.685. The molecule has 8 heteroatoms. The predicted octanol–water partition coefficient (Wildman–Crippen LogP) is 3.36. The SMILES string of the molecule is Nc1c(N2CCN(Cc3ccccc3)CC2)ncnc1N1CCN(c2cccc(Cl)c2)CC1. The largest absolute Gasteiger partial charge is 0.393 e. The van der Waals surface area contributed by atoms with Crippen LogP contribution >= 0.6 is 11.6 Å². The van der Waals surface area contributed by atoms with Crippen molar-refractivity contribution in [2.45, 2.75) is 6.54 Å². The van der Waals surface area contributed by atoms with Crippen LogP contribution in [-0.2, 0) is 6.54 Å². The maximum atomic E-state index is 6.62. The zero-order valence-electron chi connectivity index (χ0n) is 18.8. The van der Waals surface area contributed by atoms with Crippen LogP contribution in [-0.4, -0.2) is 67.2 Å². The molecule has 5 rings (SSSR count). The van der Waals surface area contributed by atoms with Gasteiger partial charge in [-0.05, 0) is 23.8 Å². The molecule has 2 N–H and O–H groups in total. The van der Waals surface area contributed by atoms with Gasteiger partial charge >= 0.3 is 0 Å². The van der Waals surface area contributed by atoms with E-state index in [9.17, 15) is 0 Å². The summed E-state index contributed by atoms with van der Waals surface area (Å²) in [7, 11) is 0. The summed E-state index contributed by atoms with van der Waals surface area (Å²) in [6.07, 6.45) is 1.65. The van der Waals surface area contributed by atoms with Crippen molar-refractivity contribution in [2.24, 2.45) is 0 Å². The van der Waals surface area contributed by atoms with Gasteiger partial charge < -0.3 is 20.4 Å². The van der Waals surface area contributed by atoms with Crippen LogP contribution in [0, 0.1) is 0 Å². The average Bonchev–Trinajstić information content (AvgIpc) is 2.86. The topological polar surface area (TPSA) is 64.8 Å². The molecule has 1 aromatic heterocycles. The Labute approximate surface area is 200 Å². The molecule has 172 valence electrons. The van der Waals surface area contributed by atoms with Crippen LogP contribution in [0.4, 0.5) is 23.0 Å². The summed E-state index contributed by atoms with van der Waals surface area (Å²) >= 11 is 6.17. The molecule has 33 heavy (non-hydrogen) atoms. The molecule has 2 aliphatic heterocycles. The van der Waals surface area contributed by atoms with Crippen molar-refractivity contribution in [3.63, 3.8) is 0 Å². The number of halogens is 1. The van der Waals surface area contributed by atoms with Crippen molar-refractivity contribution >= 4 is 34.6 Å². The molecule has 0 spiro atoms. The number of rotatable bonds is 5. The molecule has 2 aliphatic rings. The summed E-state index contributed by atoms with van der Waals surface area (Å²) in [5, 5.41) is 0.767. The van der Waals surface area contributed by atoms with E-state index in [4.69, 9.17) is 17.3 Å². The predicted molar refractivity (Wildman–Crippen MR) is 136 cm³/mol. The summed E-state index contributed by atoms with van der Waals surface area (Å²) < 4.78 is 0. The third-order valence-electron chi connectivity index (χ3n) is 6.52. The molecule has 7 nitrogen and oxygen atoms in total. The van der Waals surface area contributed by atoms with Crippen molar-refractivity contribution < 1.29 is 0 Å². The zero-order valence-corrected chi connectivity index (χ0v) is 19.5. The molecule has 0 unspecified atom stereocenters. The highest BCUT2D eigenvalue weighted by molar-refractivity contribution is 6.30. The number of hydrogen-bond acceptors (Lipinski definition) is 7. The van der Waals surface area contributed by atoms with Crippen LogP contribution in [0.3, 0.4) is 0 Å². The molecule has 0 saturated carbocycles. The van der Waals surface area contributed by atoms with E-state index in [1.807, 2.05) is 18.2 Å². The Morgan fingerprint density at radius 1 is 0.727 bits per heavy atom. The number of hydrogen-bond donors (Lipinski definition) is 1. The lowest BCUT2D eigenvalue weighted by molar-refractivity contribution is 0.249. The Kier molecular flexibility index (Phi) is 6.51. The summed E-state index contributed by atoms with van der Waals surface area (Å²) in [6, 6.07) is 18.7. The smallest absolute Gasteiger partial charge is 0.157 e. The van der Waals surface area contributed by atoms with Gasteiger partial charge in [0.1, 0.15) is 12.0 Å². The fourth-order valence-electron chi connectivity index (χ4n) is 4.69. The van der Waals surface area contributed by atoms with Crippen molar-refractivity contribution in [3.8, 4) is 0 Å². The molecule has 2 saturated heterocycles. The molecule has 0 radical (unpaired) electrons. The first-order valence-electron chi connectivity index (χ1n) is 11.5. The van der Waals surface area contributed by atoms with E-state index in [1.165, 1.54) is 5.56 Å². The van der Waals surface area contributed by atoms with Gasteiger partial charge in [-0.15, -0.1) is 0 Å². The summed E-state index contributed by atoms with van der Waals surface area (Å²) in [4.78, 5) is 18.5. The number of nitrogen functional groups attached to an aromatic ring is 1. The van der Waals surface area contributed by atoms with Crippen molar-refractivity contribution in [3.05, 3.63) is 71.5 Å². The quantitative estimate of drug-likeness (QED) is 0.622. The van der Waals surface area contributed by atoms with Crippen LogP contribution in [0.5, 0.6) is 0 Å². The highest BCUT2D eigenvalue weighted by Crippen LogP contribution is 2.31. The third-order valence-corrected chi connectivity index (χ3v) is 6.75. The van der Waals surface area contributed by atoms with E-state index in [2.05, 4.69) is 66.0 Å². The average molecular weight is 464 g/mol. The van der Waals surface area contributed by atoms with Gasteiger partial charge in [-0.1, -0.05) is 48.0 Å². The van der Waals surface area contributed by atoms with E-state index >= 15 is 0 Å². The lowest BCUT2D eigenvalue weighted by Gasteiger charge is -2.38. The fraction of sp³-hybridized carbons (Fsp3) is 0.360. The number of piperazine rings is 2. The van der Waals surface area contributed by atoms with Crippen LogP contribution in [0.25, 0.3) is 0 Å². The van der Waals surface area contributed by atoms with E-state index < -0.39 is 0 Å². The Bertz CT molecular complexity index is 1060. The number of aromatic nitrogens is 2. The van der Waals surface area contributed by atoms with Crippen LogP contribution in [0.1, 0.15) is 5.56 Å². The number of nitrogens with zero attached hydrogens (tertiary/aromatic N) is 6. The summed E-state index contributed by atoms with van der Waals surface area (Å²) in [5.74, 6) is 1.70. The minimum absolute atomic E-state index is 0.685. The van der Waals surface area contributed by atoms with Gasteiger partial charge in [0.05, 0.1) is 0 Å². The van der Waals surface area contributed by atoms with Gasteiger partial charge in [0, 0.05) is 69.6 Å². The van der Waals surface area contributed by atoms with E-state index in [1.54, 1.807) is 6.33 Å². The summed E-state index contributed by atoms with van der Waals surface area (Å²) in [6.45, 7) is 8.31. The first kappa shape index (κ1) is 21.8. The Hall–Kier alpha value is -3.03. The molecule has 0 bridgehead atoms. The van der Waals surface area contributed by atoms with Gasteiger partial charge in [-0.25, -0.2) is 9.97 Å². The molecular formula is C25H30ClN7. The highest BCUT2D eigenvalue weighted by Gasteiger charge is 2.25. The molecule has 0 amide bonds. The molecule has 2 fully saturated rings. The standard InChI is InChI=1S/C25H30ClN7/c26-21-7-4-8-22(17-21)31-13-15-33(16-14-31)25-23(27)24(28-19-29-25)32-11-9-30(10-12-32)18-20-5-2-1-3-6-20/h1-8,17,19H,9-16,18,27H2. The van der Waals surface area contributed by atoms with Gasteiger partial charge in [0.25, 0.3) is 0 Å². The summed E-state index contributed by atoms with van der Waals surface area (Å²) in [5.41, 5.74) is 9.81. The molecule has 3 aromatic rings. The first-order valence-corrected chi connectivity index (χ1v) is 11.9. The minimum Gasteiger partial charge on any atom is -0.393 e. The zero-order chi connectivity index (χ0) is 22.6. The van der Waals surface area contributed by atoms with Crippen molar-refractivity contribution in [1.29, 1.82) is 0 Å². The monoisotopic (exact) mass is 463 g/mol. The van der Waals surface area contributed by atoms with Gasteiger partial charge in [-0.3, -0.25) is 4.90 Å².